The van der Waals surface area contributed by atoms with E-state index < -0.39 is 0 Å². The fraction of sp³-hybridized carbons (Fsp3) is 0.667. The summed E-state index contributed by atoms with van der Waals surface area (Å²) < 4.78 is 1.75. The van der Waals surface area contributed by atoms with Crippen LogP contribution in [0.2, 0.25) is 0 Å². The van der Waals surface area contributed by atoms with Crippen LogP contribution in [0.25, 0.3) is 0 Å². The molecular formula is C12H20N4O. The summed E-state index contributed by atoms with van der Waals surface area (Å²) in [5, 5.41) is 6.99. The third-order valence-corrected chi connectivity index (χ3v) is 3.67. The molecule has 0 radical (unpaired) electrons. The average Bonchev–Trinajstić information content (AvgIpc) is 2.80. The van der Waals surface area contributed by atoms with Gasteiger partial charge in [0.1, 0.15) is 0 Å². The van der Waals surface area contributed by atoms with Crippen LogP contribution in [0.5, 0.6) is 0 Å². The molecule has 94 valence electrons. The first-order valence-corrected chi connectivity index (χ1v) is 6.12. The van der Waals surface area contributed by atoms with E-state index in [0.29, 0.717) is 12.3 Å². The van der Waals surface area contributed by atoms with Crippen molar-refractivity contribution in [2.24, 2.45) is 18.7 Å². The van der Waals surface area contributed by atoms with Gasteiger partial charge < -0.3 is 11.1 Å². The first-order valence-electron chi connectivity index (χ1n) is 6.12. The van der Waals surface area contributed by atoms with E-state index in [1.54, 1.807) is 10.9 Å². The molecule has 0 spiro atoms. The van der Waals surface area contributed by atoms with Crippen molar-refractivity contribution in [1.29, 1.82) is 0 Å². The highest BCUT2D eigenvalue weighted by molar-refractivity contribution is 5.91. The minimum absolute atomic E-state index is 0.0449. The molecule has 1 fully saturated rings. The maximum atomic E-state index is 11.9. The summed E-state index contributed by atoms with van der Waals surface area (Å²) >= 11 is 0. The fourth-order valence-corrected chi connectivity index (χ4v) is 2.38. The van der Waals surface area contributed by atoms with Gasteiger partial charge in [-0.15, -0.1) is 0 Å². The smallest absolute Gasteiger partial charge is 0.224 e. The first kappa shape index (κ1) is 12.1. The van der Waals surface area contributed by atoms with Crippen molar-refractivity contribution in [2.45, 2.75) is 38.6 Å². The predicted octanol–water partition coefficient (Wildman–Crippen LogP) is 1.18. The molecule has 5 nitrogen and oxygen atoms in total. The van der Waals surface area contributed by atoms with Crippen molar-refractivity contribution in [3.63, 3.8) is 0 Å². The van der Waals surface area contributed by atoms with Crippen LogP contribution in [0.15, 0.2) is 6.20 Å². The highest BCUT2D eigenvalue weighted by atomic mass is 16.1. The van der Waals surface area contributed by atoms with Crippen LogP contribution in [-0.4, -0.2) is 21.7 Å². The molecule has 1 aliphatic rings. The Kier molecular flexibility index (Phi) is 3.47. The number of nitrogens with zero attached hydrogens (tertiary/aromatic N) is 2. The SMILES string of the molecule is Cc1c(NC(=O)C[C@@H]2CCC[C@H]2N)cnn1C. The molecule has 0 aromatic carbocycles. The van der Waals surface area contributed by atoms with Crippen LogP contribution < -0.4 is 11.1 Å². The second-order valence-electron chi connectivity index (χ2n) is 4.87. The topological polar surface area (TPSA) is 72.9 Å². The Bertz CT molecular complexity index is 413. The summed E-state index contributed by atoms with van der Waals surface area (Å²) in [6, 6.07) is 0.191. The average molecular weight is 236 g/mol. The van der Waals surface area contributed by atoms with Crippen LogP contribution in [-0.2, 0) is 11.8 Å². The molecule has 2 atom stereocenters. The lowest BCUT2D eigenvalue weighted by Crippen LogP contribution is -2.28. The third-order valence-electron chi connectivity index (χ3n) is 3.67. The number of hydrogen-bond acceptors (Lipinski definition) is 3. The highest BCUT2D eigenvalue weighted by Crippen LogP contribution is 2.27. The van der Waals surface area contributed by atoms with E-state index in [1.807, 2.05) is 14.0 Å². The molecule has 0 bridgehead atoms. The normalized spacial score (nSPS) is 23.9. The number of nitrogens with one attached hydrogen (secondary N) is 1. The second-order valence-corrected chi connectivity index (χ2v) is 4.87. The van der Waals surface area contributed by atoms with Gasteiger partial charge in [-0.05, 0) is 25.7 Å². The van der Waals surface area contributed by atoms with Crippen molar-refractivity contribution in [1.82, 2.24) is 9.78 Å². The van der Waals surface area contributed by atoms with Crippen LogP contribution in [0, 0.1) is 12.8 Å². The Morgan fingerprint density at radius 1 is 1.65 bits per heavy atom. The van der Waals surface area contributed by atoms with Crippen LogP contribution >= 0.6 is 0 Å². The predicted molar refractivity (Wildman–Crippen MR) is 66.5 cm³/mol. The Hall–Kier alpha value is -1.36. The molecule has 1 amide bonds. The summed E-state index contributed by atoms with van der Waals surface area (Å²) in [6.45, 7) is 1.93. The number of hydrogen-bond donors (Lipinski definition) is 2. The van der Waals surface area contributed by atoms with Crippen LogP contribution in [0.3, 0.4) is 0 Å². The maximum absolute atomic E-state index is 11.9. The summed E-state index contributed by atoms with van der Waals surface area (Å²) in [4.78, 5) is 11.9. The van der Waals surface area contributed by atoms with Gasteiger partial charge in [0, 0.05) is 19.5 Å². The van der Waals surface area contributed by atoms with Crippen molar-refractivity contribution in [2.75, 3.05) is 5.32 Å². The van der Waals surface area contributed by atoms with Crippen molar-refractivity contribution >= 4 is 11.6 Å². The number of aromatic nitrogens is 2. The van der Waals surface area contributed by atoms with Crippen molar-refractivity contribution in [3.05, 3.63) is 11.9 Å². The molecule has 2 rings (SSSR count). The number of carbonyl (C=O) groups excluding carboxylic acids is 1. The fourth-order valence-electron chi connectivity index (χ4n) is 2.38. The molecule has 0 aliphatic heterocycles. The molecule has 1 saturated carbocycles. The van der Waals surface area contributed by atoms with Gasteiger partial charge in [-0.3, -0.25) is 9.48 Å². The highest BCUT2D eigenvalue weighted by Gasteiger charge is 2.26. The Morgan fingerprint density at radius 2 is 2.41 bits per heavy atom. The van der Waals surface area contributed by atoms with E-state index in [9.17, 15) is 4.79 Å². The van der Waals surface area contributed by atoms with Gasteiger partial charge in [0.2, 0.25) is 5.91 Å². The zero-order valence-corrected chi connectivity index (χ0v) is 10.4. The molecule has 3 N–H and O–H groups in total. The Labute approximate surface area is 101 Å². The molecule has 0 saturated heterocycles. The van der Waals surface area contributed by atoms with E-state index in [4.69, 9.17) is 5.73 Å². The summed E-state index contributed by atoms with van der Waals surface area (Å²) in [5.74, 6) is 0.385. The number of carbonyl (C=O) groups is 1. The first-order chi connectivity index (χ1) is 8.08. The lowest BCUT2D eigenvalue weighted by atomic mass is 10.00. The molecule has 5 heteroatoms. The molecular weight excluding hydrogens is 216 g/mol. The van der Waals surface area contributed by atoms with Gasteiger partial charge in [0.25, 0.3) is 0 Å². The van der Waals surface area contributed by atoms with E-state index in [-0.39, 0.29) is 11.9 Å². The lowest BCUT2D eigenvalue weighted by Gasteiger charge is -2.14. The molecule has 1 aliphatic carbocycles. The molecule has 1 heterocycles. The summed E-state index contributed by atoms with van der Waals surface area (Å²) in [5.41, 5.74) is 7.72. The van der Waals surface area contributed by atoms with Gasteiger partial charge in [0.05, 0.1) is 17.6 Å². The van der Waals surface area contributed by atoms with Gasteiger partial charge >= 0.3 is 0 Å². The third kappa shape index (κ3) is 2.66. The number of anilines is 1. The summed E-state index contributed by atoms with van der Waals surface area (Å²) in [7, 11) is 1.86. The van der Waals surface area contributed by atoms with Crippen LogP contribution in [0.4, 0.5) is 5.69 Å². The molecule has 17 heavy (non-hydrogen) atoms. The van der Waals surface area contributed by atoms with E-state index in [1.165, 1.54) is 0 Å². The largest absolute Gasteiger partial charge is 0.327 e. The zero-order chi connectivity index (χ0) is 12.4. The van der Waals surface area contributed by atoms with Gasteiger partial charge in [-0.1, -0.05) is 6.42 Å². The monoisotopic (exact) mass is 236 g/mol. The quantitative estimate of drug-likeness (QED) is 0.827. The number of nitrogens with two attached hydrogens (primary N) is 1. The Morgan fingerprint density at radius 3 is 2.94 bits per heavy atom. The van der Waals surface area contributed by atoms with E-state index >= 15 is 0 Å². The van der Waals surface area contributed by atoms with Gasteiger partial charge in [0.15, 0.2) is 0 Å². The van der Waals surface area contributed by atoms with Crippen molar-refractivity contribution in [3.8, 4) is 0 Å². The molecule has 0 unspecified atom stereocenters. The number of aryl methyl sites for hydroxylation is 1. The van der Waals surface area contributed by atoms with Gasteiger partial charge in [-0.2, -0.15) is 5.10 Å². The van der Waals surface area contributed by atoms with Gasteiger partial charge in [-0.25, -0.2) is 0 Å². The zero-order valence-electron chi connectivity index (χ0n) is 10.4. The van der Waals surface area contributed by atoms with Crippen molar-refractivity contribution < 1.29 is 4.79 Å². The lowest BCUT2D eigenvalue weighted by molar-refractivity contribution is -0.117. The van der Waals surface area contributed by atoms with E-state index in [2.05, 4.69) is 10.4 Å². The molecule has 1 aromatic rings. The minimum Gasteiger partial charge on any atom is -0.327 e. The van der Waals surface area contributed by atoms with E-state index in [0.717, 1.165) is 30.6 Å². The Balaban J connectivity index is 1.91. The van der Waals surface area contributed by atoms with Crippen LogP contribution in [0.1, 0.15) is 31.4 Å². The minimum atomic E-state index is 0.0449. The second kappa shape index (κ2) is 4.87. The summed E-state index contributed by atoms with van der Waals surface area (Å²) in [6.07, 6.45) is 5.47. The maximum Gasteiger partial charge on any atom is 0.224 e. The number of rotatable bonds is 3. The molecule has 1 aromatic heterocycles. The standard InChI is InChI=1S/C12H20N4O/c1-8-11(7-14-16(8)2)15-12(17)6-9-4-3-5-10(9)13/h7,9-10H,3-6,13H2,1-2H3,(H,15,17)/t9-,10+/m0/s1. The number of amides is 1.